The van der Waals surface area contributed by atoms with Crippen LogP contribution < -0.4 is 10.2 Å². The lowest BCUT2D eigenvalue weighted by Gasteiger charge is -2.25. The molecule has 0 unspecified atom stereocenters. The molecule has 1 amide bonds. The molecule has 1 aliphatic heterocycles. The van der Waals surface area contributed by atoms with Crippen molar-refractivity contribution in [3.05, 3.63) is 35.2 Å². The standard InChI is InChI=1S/C20H25N5O2S/c1-13-16(14(2)24(3)23-13)5-7-19(26)21-15-4-6-17-18(12-15)28-20(22-17)25-8-10-27-11-9-25/h4,6,12H,5,7-11H2,1-3H3,(H,21,26). The van der Waals surface area contributed by atoms with E-state index in [4.69, 9.17) is 9.72 Å². The third kappa shape index (κ3) is 3.88. The Kier molecular flexibility index (Phi) is 5.32. The number of fused-ring (bicyclic) bond motifs is 1. The van der Waals surface area contributed by atoms with Gasteiger partial charge in [-0.05, 0) is 44.0 Å². The molecule has 1 aliphatic rings. The summed E-state index contributed by atoms with van der Waals surface area (Å²) in [6, 6.07) is 5.90. The monoisotopic (exact) mass is 399 g/mol. The van der Waals surface area contributed by atoms with Crippen LogP contribution in [-0.4, -0.2) is 47.0 Å². The number of aryl methyl sites for hydroxylation is 2. The van der Waals surface area contributed by atoms with Crippen LogP contribution >= 0.6 is 11.3 Å². The Hall–Kier alpha value is -2.45. The smallest absolute Gasteiger partial charge is 0.224 e. The molecule has 8 heteroatoms. The van der Waals surface area contributed by atoms with Gasteiger partial charge in [0, 0.05) is 37.9 Å². The van der Waals surface area contributed by atoms with Crippen LogP contribution in [0.5, 0.6) is 0 Å². The zero-order valence-electron chi connectivity index (χ0n) is 16.5. The highest BCUT2D eigenvalue weighted by molar-refractivity contribution is 7.22. The number of thiazole rings is 1. The third-order valence-electron chi connectivity index (χ3n) is 5.20. The number of ether oxygens (including phenoxy) is 1. The number of rotatable bonds is 5. The fourth-order valence-corrected chi connectivity index (χ4v) is 4.58. The minimum Gasteiger partial charge on any atom is -0.378 e. The molecule has 28 heavy (non-hydrogen) atoms. The van der Waals surface area contributed by atoms with Crippen LogP contribution in [0.1, 0.15) is 23.4 Å². The van der Waals surface area contributed by atoms with Gasteiger partial charge in [0.2, 0.25) is 5.91 Å². The Bertz CT molecular complexity index is 1000. The number of morpholine rings is 1. The molecular weight excluding hydrogens is 374 g/mol. The lowest BCUT2D eigenvalue weighted by molar-refractivity contribution is -0.116. The molecular formula is C20H25N5O2S. The predicted octanol–water partition coefficient (Wildman–Crippen LogP) is 3.05. The fraction of sp³-hybridized carbons (Fsp3) is 0.450. The molecule has 0 spiro atoms. The topological polar surface area (TPSA) is 72.3 Å². The van der Waals surface area contributed by atoms with Crippen LogP contribution in [0.15, 0.2) is 18.2 Å². The Labute approximate surface area is 168 Å². The van der Waals surface area contributed by atoms with Gasteiger partial charge in [-0.25, -0.2) is 4.98 Å². The van der Waals surface area contributed by atoms with Gasteiger partial charge in [-0.15, -0.1) is 0 Å². The number of nitrogens with zero attached hydrogens (tertiary/aromatic N) is 4. The van der Waals surface area contributed by atoms with Crippen LogP contribution in [0.2, 0.25) is 0 Å². The van der Waals surface area contributed by atoms with Gasteiger partial charge in [0.05, 0.1) is 29.1 Å². The molecule has 7 nitrogen and oxygen atoms in total. The maximum absolute atomic E-state index is 12.4. The molecule has 2 aromatic heterocycles. The van der Waals surface area contributed by atoms with Crippen molar-refractivity contribution in [2.45, 2.75) is 26.7 Å². The summed E-state index contributed by atoms with van der Waals surface area (Å²) >= 11 is 1.66. The van der Waals surface area contributed by atoms with E-state index in [1.165, 1.54) is 0 Å². The summed E-state index contributed by atoms with van der Waals surface area (Å²) < 4.78 is 8.36. The largest absolute Gasteiger partial charge is 0.378 e. The number of carbonyl (C=O) groups is 1. The lowest BCUT2D eigenvalue weighted by atomic mass is 10.1. The second kappa shape index (κ2) is 7.89. The molecule has 148 valence electrons. The third-order valence-corrected chi connectivity index (χ3v) is 6.28. The maximum atomic E-state index is 12.4. The van der Waals surface area contributed by atoms with Gasteiger partial charge >= 0.3 is 0 Å². The van der Waals surface area contributed by atoms with Gasteiger partial charge in [0.1, 0.15) is 0 Å². The highest BCUT2D eigenvalue weighted by atomic mass is 32.1. The van der Waals surface area contributed by atoms with E-state index < -0.39 is 0 Å². The Morgan fingerprint density at radius 2 is 2.07 bits per heavy atom. The van der Waals surface area contributed by atoms with Gasteiger partial charge in [-0.2, -0.15) is 5.10 Å². The van der Waals surface area contributed by atoms with Gasteiger partial charge < -0.3 is 15.0 Å². The number of anilines is 2. The second-order valence-corrected chi connectivity index (χ2v) is 8.11. The number of hydrogen-bond donors (Lipinski definition) is 1. The summed E-state index contributed by atoms with van der Waals surface area (Å²) in [6.45, 7) is 7.26. The first kappa shape index (κ1) is 18.9. The van der Waals surface area contributed by atoms with E-state index in [1.807, 2.05) is 43.8 Å². The number of benzene rings is 1. The van der Waals surface area contributed by atoms with Crippen LogP contribution in [0.4, 0.5) is 10.8 Å². The predicted molar refractivity (Wildman–Crippen MR) is 112 cm³/mol. The van der Waals surface area contributed by atoms with Crippen molar-refractivity contribution in [3.8, 4) is 0 Å². The first-order valence-electron chi connectivity index (χ1n) is 9.53. The molecule has 4 rings (SSSR count). The van der Waals surface area contributed by atoms with E-state index in [2.05, 4.69) is 15.3 Å². The zero-order chi connectivity index (χ0) is 19.7. The van der Waals surface area contributed by atoms with Gasteiger partial charge in [0.15, 0.2) is 5.13 Å². The summed E-state index contributed by atoms with van der Waals surface area (Å²) in [7, 11) is 1.93. The molecule has 0 bridgehead atoms. The van der Waals surface area contributed by atoms with E-state index in [1.54, 1.807) is 11.3 Å². The number of hydrogen-bond acceptors (Lipinski definition) is 6. The van der Waals surface area contributed by atoms with Crippen LogP contribution in [0.3, 0.4) is 0 Å². The number of aromatic nitrogens is 3. The van der Waals surface area contributed by atoms with E-state index >= 15 is 0 Å². The molecule has 3 aromatic rings. The average Bonchev–Trinajstić information content (AvgIpc) is 3.21. The summed E-state index contributed by atoms with van der Waals surface area (Å²) in [5.74, 6) is 0.0138. The minimum absolute atomic E-state index is 0.0138. The molecule has 1 fully saturated rings. The fourth-order valence-electron chi connectivity index (χ4n) is 3.52. The van der Waals surface area contributed by atoms with Gasteiger partial charge in [-0.1, -0.05) is 11.3 Å². The van der Waals surface area contributed by atoms with E-state index in [0.717, 1.165) is 64.3 Å². The maximum Gasteiger partial charge on any atom is 0.224 e. The number of nitrogens with one attached hydrogen (secondary N) is 1. The van der Waals surface area contributed by atoms with Crippen molar-refractivity contribution in [3.63, 3.8) is 0 Å². The molecule has 1 saturated heterocycles. The number of carbonyl (C=O) groups excluding carboxylic acids is 1. The molecule has 0 aliphatic carbocycles. The van der Waals surface area contributed by atoms with Crippen molar-refractivity contribution < 1.29 is 9.53 Å². The number of amides is 1. The van der Waals surface area contributed by atoms with E-state index in [-0.39, 0.29) is 5.91 Å². The summed E-state index contributed by atoms with van der Waals surface area (Å²) in [6.07, 6.45) is 1.13. The Morgan fingerprint density at radius 3 is 2.79 bits per heavy atom. The summed E-state index contributed by atoms with van der Waals surface area (Å²) in [5, 5.41) is 8.45. The second-order valence-electron chi connectivity index (χ2n) is 7.10. The first-order chi connectivity index (χ1) is 13.5. The molecule has 1 N–H and O–H groups in total. The van der Waals surface area contributed by atoms with Crippen LogP contribution in [0, 0.1) is 13.8 Å². The summed E-state index contributed by atoms with van der Waals surface area (Å²) in [4.78, 5) is 19.4. The molecule has 0 atom stereocenters. The normalized spacial score (nSPS) is 14.6. The van der Waals surface area contributed by atoms with Crippen LogP contribution in [0.25, 0.3) is 10.2 Å². The SMILES string of the molecule is Cc1nn(C)c(C)c1CCC(=O)Nc1ccc2nc(N3CCOCC3)sc2c1. The van der Waals surface area contributed by atoms with E-state index in [9.17, 15) is 4.79 Å². The Balaban J connectivity index is 1.41. The lowest BCUT2D eigenvalue weighted by Crippen LogP contribution is -2.36. The van der Waals surface area contributed by atoms with Crippen molar-refractivity contribution in [1.29, 1.82) is 0 Å². The molecule has 1 aromatic carbocycles. The van der Waals surface area contributed by atoms with Gasteiger partial charge in [0.25, 0.3) is 0 Å². The van der Waals surface area contributed by atoms with Gasteiger partial charge in [-0.3, -0.25) is 9.48 Å². The average molecular weight is 400 g/mol. The van der Waals surface area contributed by atoms with Crippen molar-refractivity contribution in [2.24, 2.45) is 7.05 Å². The molecule has 0 radical (unpaired) electrons. The molecule has 0 saturated carbocycles. The van der Waals surface area contributed by atoms with E-state index in [0.29, 0.717) is 12.8 Å². The summed E-state index contributed by atoms with van der Waals surface area (Å²) in [5.41, 5.74) is 5.05. The van der Waals surface area contributed by atoms with Crippen molar-refractivity contribution in [2.75, 3.05) is 36.5 Å². The zero-order valence-corrected chi connectivity index (χ0v) is 17.3. The Morgan fingerprint density at radius 1 is 1.29 bits per heavy atom. The van der Waals surface area contributed by atoms with Crippen molar-refractivity contribution >= 4 is 38.3 Å². The molecule has 3 heterocycles. The van der Waals surface area contributed by atoms with Crippen LogP contribution in [-0.2, 0) is 23.0 Å². The first-order valence-corrected chi connectivity index (χ1v) is 10.3. The quantitative estimate of drug-likeness (QED) is 0.714. The highest BCUT2D eigenvalue weighted by Gasteiger charge is 2.16. The minimum atomic E-state index is 0.0138. The van der Waals surface area contributed by atoms with Crippen molar-refractivity contribution in [1.82, 2.24) is 14.8 Å². The highest BCUT2D eigenvalue weighted by Crippen LogP contribution is 2.31.